The molecule has 0 unspecified atom stereocenters. The standard InChI is InChI=1S/C17H19N2O2.Y/c1-12-4-7-16(8-5-12)21-17-9-6-15(18)10-14(17)11-19(3)13(2)20;/h4,6-10H,11,18H2,1-3H3;/q-1;. The molecule has 1 radical (unpaired) electrons. The number of hydrogen-bond donors (Lipinski definition) is 1. The SMILES string of the molecule is CC(=O)N(C)Cc1cc(N)ccc1Oc1c[c-]c(C)cc1.[Y]. The molecule has 113 valence electrons. The zero-order valence-electron chi connectivity index (χ0n) is 13.1. The summed E-state index contributed by atoms with van der Waals surface area (Å²) in [5.74, 6) is 1.39. The third-order valence-corrected chi connectivity index (χ3v) is 3.20. The molecule has 0 bridgehead atoms. The summed E-state index contributed by atoms with van der Waals surface area (Å²) in [5.41, 5.74) is 8.39. The van der Waals surface area contributed by atoms with Gasteiger partial charge < -0.3 is 15.4 Å². The Kier molecular flexibility index (Phi) is 7.04. The molecule has 0 aliphatic heterocycles. The number of nitrogen functional groups attached to an aromatic ring is 1. The van der Waals surface area contributed by atoms with Crippen LogP contribution in [0.3, 0.4) is 0 Å². The number of rotatable bonds is 4. The van der Waals surface area contributed by atoms with Crippen LogP contribution in [0.5, 0.6) is 11.5 Å². The maximum absolute atomic E-state index is 11.4. The van der Waals surface area contributed by atoms with Gasteiger partial charge in [0.05, 0.1) is 0 Å². The molecule has 2 aromatic carbocycles. The van der Waals surface area contributed by atoms with Crippen molar-refractivity contribution in [3.63, 3.8) is 0 Å². The molecular weight excluding hydrogens is 353 g/mol. The first-order valence-corrected chi connectivity index (χ1v) is 6.72. The fourth-order valence-corrected chi connectivity index (χ4v) is 1.87. The topological polar surface area (TPSA) is 55.6 Å². The first-order chi connectivity index (χ1) is 9.95. The summed E-state index contributed by atoms with van der Waals surface area (Å²) < 4.78 is 5.88. The summed E-state index contributed by atoms with van der Waals surface area (Å²) in [4.78, 5) is 13.0. The molecule has 22 heavy (non-hydrogen) atoms. The van der Waals surface area contributed by atoms with E-state index in [9.17, 15) is 4.79 Å². The maximum Gasteiger partial charge on any atom is 0.219 e. The number of carbonyl (C=O) groups is 1. The van der Waals surface area contributed by atoms with Gasteiger partial charge in [-0.15, -0.1) is 12.1 Å². The van der Waals surface area contributed by atoms with Crippen LogP contribution in [0.2, 0.25) is 0 Å². The van der Waals surface area contributed by atoms with Gasteiger partial charge in [-0.1, -0.05) is 6.92 Å². The van der Waals surface area contributed by atoms with Crippen molar-refractivity contribution in [1.82, 2.24) is 4.90 Å². The number of carbonyl (C=O) groups excluding carboxylic acids is 1. The Morgan fingerprint density at radius 1 is 1.32 bits per heavy atom. The third-order valence-electron chi connectivity index (χ3n) is 3.20. The third kappa shape index (κ3) is 5.11. The van der Waals surface area contributed by atoms with Gasteiger partial charge in [-0.2, -0.15) is 17.7 Å². The van der Waals surface area contributed by atoms with E-state index in [-0.39, 0.29) is 38.6 Å². The van der Waals surface area contributed by atoms with Gasteiger partial charge in [-0.3, -0.25) is 4.79 Å². The molecule has 2 aromatic rings. The summed E-state index contributed by atoms with van der Waals surface area (Å²) in [6, 6.07) is 14.1. The zero-order chi connectivity index (χ0) is 15.4. The van der Waals surface area contributed by atoms with Crippen LogP contribution in [-0.2, 0) is 44.0 Å². The number of nitrogens with two attached hydrogens (primary N) is 1. The predicted octanol–water partition coefficient (Wildman–Crippen LogP) is 3.15. The minimum absolute atomic E-state index is 0. The monoisotopic (exact) mass is 372 g/mol. The van der Waals surface area contributed by atoms with Crippen LogP contribution in [0.4, 0.5) is 5.69 Å². The molecule has 0 atom stereocenters. The number of nitrogens with zero attached hydrogens (tertiary/aromatic N) is 1. The number of hydrogen-bond acceptors (Lipinski definition) is 3. The molecule has 0 heterocycles. The Bertz CT molecular complexity index is 642. The fraction of sp³-hybridized carbons (Fsp3) is 0.235. The van der Waals surface area contributed by atoms with E-state index in [0.717, 1.165) is 11.1 Å². The zero-order valence-corrected chi connectivity index (χ0v) is 15.9. The molecule has 0 saturated carbocycles. The fourth-order valence-electron chi connectivity index (χ4n) is 1.87. The van der Waals surface area contributed by atoms with E-state index >= 15 is 0 Å². The van der Waals surface area contributed by atoms with Crippen molar-refractivity contribution in [3.8, 4) is 11.5 Å². The van der Waals surface area contributed by atoms with Gasteiger partial charge in [0.2, 0.25) is 5.91 Å². The summed E-state index contributed by atoms with van der Waals surface area (Å²) in [7, 11) is 1.74. The average Bonchev–Trinajstić information content (AvgIpc) is 2.44. The van der Waals surface area contributed by atoms with E-state index in [1.807, 2.05) is 31.2 Å². The molecule has 4 nitrogen and oxygen atoms in total. The van der Waals surface area contributed by atoms with Crippen LogP contribution in [0.25, 0.3) is 0 Å². The molecular formula is C17H19N2O2Y-. The van der Waals surface area contributed by atoms with E-state index in [1.165, 1.54) is 6.92 Å². The van der Waals surface area contributed by atoms with Gasteiger partial charge in [0.1, 0.15) is 5.75 Å². The van der Waals surface area contributed by atoms with Gasteiger partial charge in [-0.25, -0.2) is 0 Å². The smallest absolute Gasteiger partial charge is 0.219 e. The summed E-state index contributed by atoms with van der Waals surface area (Å²) in [5, 5.41) is 0. The van der Waals surface area contributed by atoms with Crippen molar-refractivity contribution in [2.75, 3.05) is 12.8 Å². The van der Waals surface area contributed by atoms with Crippen molar-refractivity contribution < 1.29 is 42.2 Å². The number of anilines is 1. The predicted molar refractivity (Wildman–Crippen MR) is 83.1 cm³/mol. The van der Waals surface area contributed by atoms with Crippen LogP contribution in [0, 0.1) is 13.0 Å². The molecule has 0 aromatic heterocycles. The quantitative estimate of drug-likeness (QED) is 0.663. The first kappa shape index (κ1) is 18.7. The maximum atomic E-state index is 11.4. The van der Waals surface area contributed by atoms with Gasteiger partial charge in [-0.05, 0) is 18.2 Å². The minimum Gasteiger partial charge on any atom is -0.516 e. The van der Waals surface area contributed by atoms with Gasteiger partial charge in [0.25, 0.3) is 0 Å². The van der Waals surface area contributed by atoms with Crippen LogP contribution in [0.15, 0.2) is 36.4 Å². The normalized spacial score (nSPS) is 9.77. The number of benzene rings is 2. The summed E-state index contributed by atoms with van der Waals surface area (Å²) >= 11 is 0. The summed E-state index contributed by atoms with van der Waals surface area (Å²) in [6.45, 7) is 3.95. The Labute approximate surface area is 156 Å². The number of amides is 1. The Morgan fingerprint density at radius 3 is 2.64 bits per heavy atom. The second kappa shape index (κ2) is 8.30. The molecule has 1 amide bonds. The van der Waals surface area contributed by atoms with Crippen LogP contribution < -0.4 is 10.5 Å². The van der Waals surface area contributed by atoms with E-state index in [4.69, 9.17) is 10.5 Å². The molecule has 0 saturated heterocycles. The Hall–Kier alpha value is -1.39. The van der Waals surface area contributed by atoms with E-state index in [0.29, 0.717) is 23.7 Å². The van der Waals surface area contributed by atoms with Crippen molar-refractivity contribution in [3.05, 3.63) is 53.6 Å². The molecule has 0 aliphatic carbocycles. The van der Waals surface area contributed by atoms with Crippen LogP contribution >= 0.6 is 0 Å². The van der Waals surface area contributed by atoms with Crippen LogP contribution in [-0.4, -0.2) is 17.9 Å². The average molecular weight is 372 g/mol. The number of aryl methyl sites for hydroxylation is 1. The largest absolute Gasteiger partial charge is 0.516 e. The molecule has 2 N–H and O–H groups in total. The summed E-state index contributed by atoms with van der Waals surface area (Å²) in [6.07, 6.45) is 0. The van der Waals surface area contributed by atoms with Crippen molar-refractivity contribution >= 4 is 11.6 Å². The van der Waals surface area contributed by atoms with Gasteiger partial charge >= 0.3 is 0 Å². The van der Waals surface area contributed by atoms with Crippen molar-refractivity contribution in [1.29, 1.82) is 0 Å². The molecule has 5 heteroatoms. The minimum atomic E-state index is -0.00737. The van der Waals surface area contributed by atoms with Gasteiger partial charge in [0.15, 0.2) is 0 Å². The molecule has 0 aliphatic rings. The second-order valence-electron chi connectivity index (χ2n) is 5.05. The molecule has 0 spiro atoms. The van der Waals surface area contributed by atoms with Crippen LogP contribution in [0.1, 0.15) is 18.1 Å². The van der Waals surface area contributed by atoms with Gasteiger partial charge in [0, 0.05) is 70.2 Å². The second-order valence-corrected chi connectivity index (χ2v) is 5.05. The van der Waals surface area contributed by atoms with Crippen molar-refractivity contribution in [2.24, 2.45) is 0 Å². The molecule has 2 rings (SSSR count). The first-order valence-electron chi connectivity index (χ1n) is 6.72. The van der Waals surface area contributed by atoms with E-state index in [2.05, 4.69) is 6.07 Å². The van der Waals surface area contributed by atoms with Crippen molar-refractivity contribution in [2.45, 2.75) is 20.4 Å². The van der Waals surface area contributed by atoms with E-state index < -0.39 is 0 Å². The Balaban J connectivity index is 0.00000242. The number of ether oxygens (including phenoxy) is 1. The molecule has 0 fully saturated rings. The van der Waals surface area contributed by atoms with E-state index in [1.54, 1.807) is 24.1 Å². The Morgan fingerprint density at radius 2 is 2.05 bits per heavy atom.